The van der Waals surface area contributed by atoms with Gasteiger partial charge in [-0.25, -0.2) is 4.39 Å². The summed E-state index contributed by atoms with van der Waals surface area (Å²) >= 11 is 5.71. The van der Waals surface area contributed by atoms with E-state index in [2.05, 4.69) is 5.32 Å². The van der Waals surface area contributed by atoms with Crippen LogP contribution in [0.3, 0.4) is 0 Å². The fraction of sp³-hybridized carbons (Fsp3) is 0.200. The van der Waals surface area contributed by atoms with Crippen LogP contribution in [-0.4, -0.2) is 6.54 Å². The minimum absolute atomic E-state index is 0.0111. The number of nitrogens with one attached hydrogen (secondary N) is 1. The Bertz CT molecular complexity index is 513. The summed E-state index contributed by atoms with van der Waals surface area (Å²) in [5.74, 6) is -0.381. The summed E-state index contributed by atoms with van der Waals surface area (Å²) in [6.45, 7) is 2.84. The van der Waals surface area contributed by atoms with Crippen molar-refractivity contribution in [1.82, 2.24) is 5.32 Å². The van der Waals surface area contributed by atoms with Gasteiger partial charge in [-0.1, -0.05) is 54.9 Å². The molecule has 0 fully saturated rings. The van der Waals surface area contributed by atoms with E-state index < -0.39 is 0 Å². The van der Waals surface area contributed by atoms with Gasteiger partial charge < -0.3 is 5.32 Å². The van der Waals surface area contributed by atoms with Gasteiger partial charge in [0.05, 0.1) is 11.1 Å². The van der Waals surface area contributed by atoms with Crippen molar-refractivity contribution in [3.8, 4) is 0 Å². The Morgan fingerprint density at radius 1 is 1.11 bits per heavy atom. The summed E-state index contributed by atoms with van der Waals surface area (Å²) in [4.78, 5) is 0. The maximum absolute atomic E-state index is 13.5. The monoisotopic (exact) mass is 263 g/mol. The highest BCUT2D eigenvalue weighted by atomic mass is 35.5. The van der Waals surface area contributed by atoms with Crippen LogP contribution in [0.4, 0.5) is 4.39 Å². The van der Waals surface area contributed by atoms with E-state index in [1.54, 1.807) is 6.07 Å². The van der Waals surface area contributed by atoms with Gasteiger partial charge >= 0.3 is 0 Å². The van der Waals surface area contributed by atoms with Crippen LogP contribution in [-0.2, 0) is 0 Å². The van der Waals surface area contributed by atoms with Crippen molar-refractivity contribution in [3.63, 3.8) is 0 Å². The van der Waals surface area contributed by atoms with Gasteiger partial charge in [-0.2, -0.15) is 0 Å². The predicted molar refractivity (Wildman–Crippen MR) is 73.4 cm³/mol. The van der Waals surface area contributed by atoms with Crippen LogP contribution < -0.4 is 5.32 Å². The highest BCUT2D eigenvalue weighted by Gasteiger charge is 2.14. The van der Waals surface area contributed by atoms with E-state index in [1.165, 1.54) is 6.07 Å². The lowest BCUT2D eigenvalue weighted by Gasteiger charge is -2.19. The summed E-state index contributed by atoms with van der Waals surface area (Å²) in [6.07, 6.45) is 0. The molecule has 0 saturated heterocycles. The Morgan fingerprint density at radius 3 is 2.44 bits per heavy atom. The summed E-state index contributed by atoms with van der Waals surface area (Å²) in [6, 6.07) is 14.9. The van der Waals surface area contributed by atoms with E-state index in [-0.39, 0.29) is 16.9 Å². The molecule has 1 N–H and O–H groups in total. The van der Waals surface area contributed by atoms with Crippen molar-refractivity contribution in [2.75, 3.05) is 6.54 Å². The van der Waals surface area contributed by atoms with Gasteiger partial charge in [0.15, 0.2) is 0 Å². The highest BCUT2D eigenvalue weighted by Crippen LogP contribution is 2.25. The predicted octanol–water partition coefficient (Wildman–Crippen LogP) is 4.18. The van der Waals surface area contributed by atoms with E-state index in [9.17, 15) is 4.39 Å². The number of hydrogen-bond acceptors (Lipinski definition) is 1. The van der Waals surface area contributed by atoms with E-state index in [4.69, 9.17) is 11.6 Å². The van der Waals surface area contributed by atoms with Crippen molar-refractivity contribution in [2.45, 2.75) is 13.0 Å². The van der Waals surface area contributed by atoms with Crippen LogP contribution in [0.15, 0.2) is 48.5 Å². The average Bonchev–Trinajstić information content (AvgIpc) is 2.40. The van der Waals surface area contributed by atoms with Crippen molar-refractivity contribution >= 4 is 11.6 Å². The molecule has 2 aromatic carbocycles. The molecule has 1 unspecified atom stereocenters. The highest BCUT2D eigenvalue weighted by molar-refractivity contribution is 6.30. The smallest absolute Gasteiger partial charge is 0.142 e. The van der Waals surface area contributed by atoms with Crippen LogP contribution in [0.25, 0.3) is 0 Å². The van der Waals surface area contributed by atoms with Gasteiger partial charge in [0, 0.05) is 0 Å². The molecule has 0 aromatic heterocycles. The molecule has 1 nitrogen and oxygen atoms in total. The van der Waals surface area contributed by atoms with Gasteiger partial charge in [0.2, 0.25) is 0 Å². The second kappa shape index (κ2) is 5.98. The Labute approximate surface area is 112 Å². The third kappa shape index (κ3) is 2.89. The normalized spacial score (nSPS) is 12.4. The van der Waals surface area contributed by atoms with Crippen LogP contribution in [0, 0.1) is 5.82 Å². The third-order valence-electron chi connectivity index (χ3n) is 2.82. The van der Waals surface area contributed by atoms with Crippen molar-refractivity contribution in [1.29, 1.82) is 0 Å². The molecule has 2 aromatic rings. The molecule has 0 bridgehead atoms. The van der Waals surface area contributed by atoms with Crippen LogP contribution in [0.1, 0.15) is 24.1 Å². The summed E-state index contributed by atoms with van der Waals surface area (Å²) in [5, 5.41) is 3.51. The molecule has 0 saturated carbocycles. The van der Waals surface area contributed by atoms with Crippen LogP contribution in [0.2, 0.25) is 5.02 Å². The van der Waals surface area contributed by atoms with Crippen molar-refractivity contribution < 1.29 is 4.39 Å². The SMILES string of the molecule is CCNC(c1ccccc1)c1ccc(Cl)c(F)c1. The minimum atomic E-state index is -0.381. The van der Waals surface area contributed by atoms with Gasteiger partial charge in [0.1, 0.15) is 5.82 Å². The van der Waals surface area contributed by atoms with Crippen LogP contribution in [0.5, 0.6) is 0 Å². The summed E-state index contributed by atoms with van der Waals surface area (Å²) in [5.41, 5.74) is 1.99. The topological polar surface area (TPSA) is 12.0 Å². The third-order valence-corrected chi connectivity index (χ3v) is 3.12. The first kappa shape index (κ1) is 13.1. The van der Waals surface area contributed by atoms with Gasteiger partial charge in [-0.05, 0) is 29.8 Å². The van der Waals surface area contributed by atoms with Gasteiger partial charge in [-0.3, -0.25) is 0 Å². The quantitative estimate of drug-likeness (QED) is 0.873. The molecule has 2 rings (SSSR count). The zero-order valence-corrected chi connectivity index (χ0v) is 10.9. The molecule has 0 aliphatic carbocycles. The molecule has 94 valence electrons. The zero-order valence-electron chi connectivity index (χ0n) is 10.2. The fourth-order valence-electron chi connectivity index (χ4n) is 1.97. The molecule has 0 heterocycles. The first-order valence-electron chi connectivity index (χ1n) is 5.95. The van der Waals surface area contributed by atoms with Crippen molar-refractivity contribution in [3.05, 3.63) is 70.5 Å². The maximum atomic E-state index is 13.5. The van der Waals surface area contributed by atoms with Gasteiger partial charge in [0.25, 0.3) is 0 Å². The first-order chi connectivity index (χ1) is 8.72. The number of benzene rings is 2. The number of halogens is 2. The molecular weight excluding hydrogens is 249 g/mol. The Morgan fingerprint density at radius 2 is 1.83 bits per heavy atom. The Balaban J connectivity index is 2.38. The zero-order chi connectivity index (χ0) is 13.0. The lowest BCUT2D eigenvalue weighted by molar-refractivity contribution is 0.603. The molecular formula is C15H15ClFN. The molecule has 0 aliphatic rings. The minimum Gasteiger partial charge on any atom is -0.307 e. The van der Waals surface area contributed by atoms with Crippen LogP contribution >= 0.6 is 11.6 Å². The second-order valence-electron chi connectivity index (χ2n) is 4.07. The second-order valence-corrected chi connectivity index (χ2v) is 4.48. The Kier molecular flexibility index (Phi) is 4.34. The lowest BCUT2D eigenvalue weighted by Crippen LogP contribution is -2.22. The molecule has 18 heavy (non-hydrogen) atoms. The molecule has 0 radical (unpaired) electrons. The van der Waals surface area contributed by atoms with E-state index in [0.717, 1.165) is 17.7 Å². The lowest BCUT2D eigenvalue weighted by atomic mass is 9.98. The maximum Gasteiger partial charge on any atom is 0.142 e. The van der Waals surface area contributed by atoms with Gasteiger partial charge in [-0.15, -0.1) is 0 Å². The standard InChI is InChI=1S/C15H15ClFN/c1-2-18-15(11-6-4-3-5-7-11)12-8-9-13(16)14(17)10-12/h3-10,15,18H,2H2,1H3. The Hall–Kier alpha value is -1.38. The largest absolute Gasteiger partial charge is 0.307 e. The molecule has 1 atom stereocenters. The fourth-order valence-corrected chi connectivity index (χ4v) is 2.09. The first-order valence-corrected chi connectivity index (χ1v) is 6.33. The average molecular weight is 264 g/mol. The molecule has 0 aliphatic heterocycles. The summed E-state index contributed by atoms with van der Waals surface area (Å²) in [7, 11) is 0. The van der Waals surface area contributed by atoms with E-state index in [0.29, 0.717) is 0 Å². The number of rotatable bonds is 4. The molecule has 0 spiro atoms. The molecule has 3 heteroatoms. The van der Waals surface area contributed by atoms with E-state index >= 15 is 0 Å². The summed E-state index contributed by atoms with van der Waals surface area (Å²) < 4.78 is 13.5. The number of hydrogen-bond donors (Lipinski definition) is 1. The van der Waals surface area contributed by atoms with E-state index in [1.807, 2.05) is 43.3 Å². The van der Waals surface area contributed by atoms with Crippen molar-refractivity contribution in [2.24, 2.45) is 0 Å². The molecule has 0 amide bonds.